The number of thioether (sulfide) groups is 1. The van der Waals surface area contributed by atoms with Crippen LogP contribution in [0, 0.1) is 12.8 Å². The molecule has 1 aromatic rings. The van der Waals surface area contributed by atoms with Crippen LogP contribution in [0.15, 0.2) is 4.99 Å². The number of nitrogens with one attached hydrogen (secondary N) is 1. The SMILES string of the molecule is CSCCCNC(=NCc1nnc(C)n1C)N(C)CCC1CCOCC1.I. The van der Waals surface area contributed by atoms with Crippen molar-refractivity contribution in [1.82, 2.24) is 25.0 Å². The van der Waals surface area contributed by atoms with Crippen LogP contribution in [-0.4, -0.2) is 71.0 Å². The minimum Gasteiger partial charge on any atom is -0.381 e. The fourth-order valence-corrected chi connectivity index (χ4v) is 3.41. The molecule has 2 rings (SSSR count). The van der Waals surface area contributed by atoms with Crippen LogP contribution in [0.5, 0.6) is 0 Å². The minimum atomic E-state index is 0. The van der Waals surface area contributed by atoms with Crippen molar-refractivity contribution in [3.05, 3.63) is 11.6 Å². The molecule has 2 heterocycles. The molecule has 7 nitrogen and oxygen atoms in total. The van der Waals surface area contributed by atoms with E-state index in [1.165, 1.54) is 19.3 Å². The van der Waals surface area contributed by atoms with Gasteiger partial charge in [-0.25, -0.2) is 4.99 Å². The molecule has 1 aromatic heterocycles. The Kier molecular flexibility index (Phi) is 12.3. The van der Waals surface area contributed by atoms with E-state index in [0.29, 0.717) is 6.54 Å². The van der Waals surface area contributed by atoms with Gasteiger partial charge in [0, 0.05) is 40.4 Å². The largest absolute Gasteiger partial charge is 0.381 e. The average Bonchev–Trinajstić information content (AvgIpc) is 2.98. The molecule has 1 saturated heterocycles. The van der Waals surface area contributed by atoms with Gasteiger partial charge in [0.2, 0.25) is 0 Å². The van der Waals surface area contributed by atoms with Crippen molar-refractivity contribution in [3.8, 4) is 0 Å². The van der Waals surface area contributed by atoms with E-state index in [1.807, 2.05) is 30.3 Å². The quantitative estimate of drug-likeness (QED) is 0.239. The van der Waals surface area contributed by atoms with Crippen molar-refractivity contribution in [2.24, 2.45) is 18.0 Å². The normalized spacial score (nSPS) is 15.5. The Bertz CT molecular complexity index is 562. The number of nitrogens with zero attached hydrogens (tertiary/aromatic N) is 5. The zero-order chi connectivity index (χ0) is 18.8. The zero-order valence-corrected chi connectivity index (χ0v) is 20.3. The van der Waals surface area contributed by atoms with Crippen molar-refractivity contribution >= 4 is 41.7 Å². The summed E-state index contributed by atoms with van der Waals surface area (Å²) >= 11 is 1.88. The van der Waals surface area contributed by atoms with Crippen molar-refractivity contribution in [3.63, 3.8) is 0 Å². The van der Waals surface area contributed by atoms with Gasteiger partial charge in [-0.15, -0.1) is 34.2 Å². The van der Waals surface area contributed by atoms with Crippen LogP contribution >= 0.6 is 35.7 Å². The summed E-state index contributed by atoms with van der Waals surface area (Å²) in [5.74, 6) is 4.69. The summed E-state index contributed by atoms with van der Waals surface area (Å²) in [6.07, 6.45) is 6.83. The lowest BCUT2D eigenvalue weighted by molar-refractivity contribution is 0.0625. The topological polar surface area (TPSA) is 67.6 Å². The third-order valence-corrected chi connectivity index (χ3v) is 5.63. The highest BCUT2D eigenvalue weighted by Gasteiger charge is 2.16. The molecule has 1 aliphatic heterocycles. The molecule has 0 unspecified atom stereocenters. The van der Waals surface area contributed by atoms with Gasteiger partial charge in [-0.3, -0.25) is 0 Å². The van der Waals surface area contributed by atoms with Crippen LogP contribution in [0.2, 0.25) is 0 Å². The molecule has 0 radical (unpaired) electrons. The highest BCUT2D eigenvalue weighted by atomic mass is 127. The summed E-state index contributed by atoms with van der Waals surface area (Å²) in [6.45, 7) is 6.28. The van der Waals surface area contributed by atoms with Crippen molar-refractivity contribution in [2.75, 3.05) is 45.4 Å². The number of hydrogen-bond donors (Lipinski definition) is 1. The molecule has 27 heavy (non-hydrogen) atoms. The lowest BCUT2D eigenvalue weighted by Gasteiger charge is -2.27. The average molecular weight is 510 g/mol. The van der Waals surface area contributed by atoms with Crippen molar-refractivity contribution in [1.29, 1.82) is 0 Å². The van der Waals surface area contributed by atoms with E-state index in [2.05, 4.69) is 33.7 Å². The van der Waals surface area contributed by atoms with E-state index in [1.54, 1.807) is 0 Å². The summed E-state index contributed by atoms with van der Waals surface area (Å²) < 4.78 is 7.46. The Morgan fingerprint density at radius 2 is 2.11 bits per heavy atom. The van der Waals surface area contributed by atoms with Crippen molar-refractivity contribution < 1.29 is 4.74 Å². The van der Waals surface area contributed by atoms with E-state index in [0.717, 1.165) is 62.0 Å². The molecule has 1 N–H and O–H groups in total. The fraction of sp³-hybridized carbons (Fsp3) is 0.833. The molecule has 1 aliphatic rings. The molecule has 156 valence electrons. The second-order valence-corrected chi connectivity index (χ2v) is 7.89. The molecule has 0 aliphatic carbocycles. The number of guanidine groups is 1. The van der Waals surface area contributed by atoms with Gasteiger partial charge in [-0.1, -0.05) is 0 Å². The first kappa shape index (κ1) is 24.5. The molecule has 1 fully saturated rings. The van der Waals surface area contributed by atoms with Gasteiger partial charge < -0.3 is 19.5 Å². The van der Waals surface area contributed by atoms with Crippen LogP contribution in [0.25, 0.3) is 0 Å². The Labute approximate surface area is 185 Å². The Hall–Kier alpha value is -0.550. The van der Waals surface area contributed by atoms with Gasteiger partial charge in [0.05, 0.1) is 0 Å². The molecular formula is C18H35IN6OS. The summed E-state index contributed by atoms with van der Waals surface area (Å²) in [7, 11) is 4.11. The zero-order valence-electron chi connectivity index (χ0n) is 17.1. The van der Waals surface area contributed by atoms with E-state index in [4.69, 9.17) is 9.73 Å². The number of halogens is 1. The molecular weight excluding hydrogens is 475 g/mol. The van der Waals surface area contributed by atoms with Crippen LogP contribution < -0.4 is 5.32 Å². The highest BCUT2D eigenvalue weighted by Crippen LogP contribution is 2.18. The summed E-state index contributed by atoms with van der Waals surface area (Å²) in [4.78, 5) is 7.05. The van der Waals surface area contributed by atoms with Crippen molar-refractivity contribution in [2.45, 2.75) is 39.2 Å². The minimum absolute atomic E-state index is 0. The Balaban J connectivity index is 0.00000364. The number of rotatable bonds is 9. The number of aryl methyl sites for hydroxylation is 1. The molecule has 0 atom stereocenters. The van der Waals surface area contributed by atoms with Gasteiger partial charge in [-0.05, 0) is 50.5 Å². The maximum atomic E-state index is 5.46. The van der Waals surface area contributed by atoms with Crippen LogP contribution in [0.4, 0.5) is 0 Å². The van der Waals surface area contributed by atoms with Gasteiger partial charge >= 0.3 is 0 Å². The highest BCUT2D eigenvalue weighted by molar-refractivity contribution is 14.0. The number of hydrogen-bond acceptors (Lipinski definition) is 5. The Morgan fingerprint density at radius 1 is 1.37 bits per heavy atom. The van der Waals surface area contributed by atoms with Gasteiger partial charge in [0.15, 0.2) is 11.8 Å². The standard InChI is InChI=1S/C18H34N6OS.HI/c1-15-21-22-17(24(15)3)14-20-18(19-9-5-13-26-4)23(2)10-6-16-7-11-25-12-8-16;/h16H,5-14H2,1-4H3,(H,19,20);1H. The maximum absolute atomic E-state index is 5.46. The maximum Gasteiger partial charge on any atom is 0.194 e. The van der Waals surface area contributed by atoms with Crippen LogP contribution in [0.3, 0.4) is 0 Å². The van der Waals surface area contributed by atoms with E-state index in [-0.39, 0.29) is 24.0 Å². The van der Waals surface area contributed by atoms with E-state index in [9.17, 15) is 0 Å². The fourth-order valence-electron chi connectivity index (χ4n) is 2.98. The molecule has 0 amide bonds. The Morgan fingerprint density at radius 3 is 2.74 bits per heavy atom. The molecule has 0 aromatic carbocycles. The summed E-state index contributed by atoms with van der Waals surface area (Å²) in [5.41, 5.74) is 0. The number of ether oxygens (including phenoxy) is 1. The summed E-state index contributed by atoms with van der Waals surface area (Å²) in [5, 5.41) is 11.9. The lowest BCUT2D eigenvalue weighted by atomic mass is 9.96. The molecule has 9 heteroatoms. The van der Waals surface area contributed by atoms with E-state index >= 15 is 0 Å². The van der Waals surface area contributed by atoms with Gasteiger partial charge in [-0.2, -0.15) is 11.8 Å². The monoisotopic (exact) mass is 510 g/mol. The first-order valence-corrected chi connectivity index (χ1v) is 10.9. The number of aromatic nitrogens is 3. The molecule has 0 saturated carbocycles. The summed E-state index contributed by atoms with van der Waals surface area (Å²) in [6, 6.07) is 0. The second kappa shape index (κ2) is 13.6. The van der Waals surface area contributed by atoms with Crippen LogP contribution in [0.1, 0.15) is 37.3 Å². The molecule has 0 spiro atoms. The predicted octanol–water partition coefficient (Wildman–Crippen LogP) is 2.69. The second-order valence-electron chi connectivity index (χ2n) is 6.90. The first-order chi connectivity index (χ1) is 12.6. The predicted molar refractivity (Wildman–Crippen MR) is 124 cm³/mol. The van der Waals surface area contributed by atoms with Gasteiger partial charge in [0.1, 0.15) is 12.4 Å². The van der Waals surface area contributed by atoms with Gasteiger partial charge in [0.25, 0.3) is 0 Å². The number of aliphatic imine (C=N–C) groups is 1. The smallest absolute Gasteiger partial charge is 0.194 e. The van der Waals surface area contributed by atoms with Crippen LogP contribution in [-0.2, 0) is 18.3 Å². The molecule has 0 bridgehead atoms. The third kappa shape index (κ3) is 8.55. The first-order valence-electron chi connectivity index (χ1n) is 9.52. The third-order valence-electron chi connectivity index (χ3n) is 4.94. The lowest BCUT2D eigenvalue weighted by Crippen LogP contribution is -2.40. The van der Waals surface area contributed by atoms with E-state index < -0.39 is 0 Å².